The van der Waals surface area contributed by atoms with Gasteiger partial charge in [0, 0.05) is 6.07 Å². The van der Waals surface area contributed by atoms with Gasteiger partial charge in [-0.1, -0.05) is 0 Å². The van der Waals surface area contributed by atoms with Gasteiger partial charge in [-0.2, -0.15) is 5.10 Å². The highest BCUT2D eigenvalue weighted by atomic mass is 16.6. The molecule has 11 nitrogen and oxygen atoms in total. The summed E-state index contributed by atoms with van der Waals surface area (Å²) in [5.74, 6) is -0.343. The van der Waals surface area contributed by atoms with E-state index in [1.165, 1.54) is 11.8 Å². The molecule has 0 fully saturated rings. The summed E-state index contributed by atoms with van der Waals surface area (Å²) in [5, 5.41) is 26.6. The molecule has 0 amide bonds. The van der Waals surface area contributed by atoms with Crippen LogP contribution in [0.15, 0.2) is 36.4 Å². The Morgan fingerprint density at radius 2 is 1.74 bits per heavy atom. The summed E-state index contributed by atoms with van der Waals surface area (Å²) in [5.41, 5.74) is -0.975. The van der Waals surface area contributed by atoms with Crippen LogP contribution in [0.1, 0.15) is 10.5 Å². The van der Waals surface area contributed by atoms with Crippen molar-refractivity contribution in [2.45, 2.75) is 0 Å². The molecular weight excluding hydrogens is 360 g/mol. The minimum Gasteiger partial charge on any atom is -0.497 e. The van der Waals surface area contributed by atoms with Gasteiger partial charge in [-0.05, 0) is 24.3 Å². The molecule has 0 saturated heterocycles. The Balaban J connectivity index is 2.40. The third-order valence-corrected chi connectivity index (χ3v) is 3.85. The molecule has 0 N–H and O–H groups in total. The quantitative estimate of drug-likeness (QED) is 0.378. The first-order chi connectivity index (χ1) is 12.9. The molecule has 0 radical (unpaired) electrons. The molecule has 0 aliphatic rings. The Bertz CT molecular complexity index is 1070. The van der Waals surface area contributed by atoms with Crippen LogP contribution < -0.4 is 4.74 Å². The lowest BCUT2D eigenvalue weighted by Crippen LogP contribution is -2.05. The number of ether oxygens (including phenoxy) is 2. The van der Waals surface area contributed by atoms with Crippen LogP contribution >= 0.6 is 0 Å². The number of nitro groups is 2. The summed E-state index contributed by atoms with van der Waals surface area (Å²) < 4.78 is 10.9. The lowest BCUT2D eigenvalue weighted by Gasteiger charge is -2.05. The molecule has 0 aliphatic carbocycles. The first-order valence-corrected chi connectivity index (χ1v) is 7.45. The Hall–Kier alpha value is -4.02. The second-order valence-electron chi connectivity index (χ2n) is 5.32. The fourth-order valence-corrected chi connectivity index (χ4v) is 2.62. The predicted molar refractivity (Wildman–Crippen MR) is 92.3 cm³/mol. The van der Waals surface area contributed by atoms with Crippen molar-refractivity contribution in [3.05, 3.63) is 62.3 Å². The van der Waals surface area contributed by atoms with E-state index in [1.54, 1.807) is 24.3 Å². The number of aromatic nitrogens is 2. The standard InChI is InChI=1S/C16H12N4O7/c1-26-11-5-3-9(4-6-11)18-12-7-10(19(22)23)8-13(20(24)25)14(12)15(17-18)16(21)27-2/h3-8H,1-2H3. The van der Waals surface area contributed by atoms with Crippen molar-refractivity contribution in [3.63, 3.8) is 0 Å². The SMILES string of the molecule is COC(=O)c1nn(-c2ccc(OC)cc2)c2cc([N+](=O)[O-])cc([N+](=O)[O-])c12. The van der Waals surface area contributed by atoms with E-state index in [-0.39, 0.29) is 16.6 Å². The molecule has 3 rings (SSSR count). The van der Waals surface area contributed by atoms with Crippen molar-refractivity contribution < 1.29 is 24.1 Å². The van der Waals surface area contributed by atoms with Crippen molar-refractivity contribution in [2.24, 2.45) is 0 Å². The molecular formula is C16H12N4O7. The maximum atomic E-state index is 12.1. The van der Waals surface area contributed by atoms with E-state index < -0.39 is 27.2 Å². The zero-order chi connectivity index (χ0) is 19.7. The first kappa shape index (κ1) is 17.8. The van der Waals surface area contributed by atoms with Gasteiger partial charge >= 0.3 is 5.97 Å². The average Bonchev–Trinajstić information content (AvgIpc) is 3.06. The molecule has 11 heteroatoms. The summed E-state index contributed by atoms with van der Waals surface area (Å²) in [4.78, 5) is 33.2. The van der Waals surface area contributed by atoms with Crippen molar-refractivity contribution in [2.75, 3.05) is 14.2 Å². The number of carbonyl (C=O) groups is 1. The Morgan fingerprint density at radius 3 is 2.26 bits per heavy atom. The van der Waals surface area contributed by atoms with Crippen molar-refractivity contribution in [1.82, 2.24) is 9.78 Å². The van der Waals surface area contributed by atoms with Gasteiger partial charge in [0.05, 0.1) is 41.3 Å². The van der Waals surface area contributed by atoms with E-state index in [0.29, 0.717) is 11.4 Å². The summed E-state index contributed by atoms with van der Waals surface area (Å²) in [7, 11) is 2.60. The number of benzene rings is 2. The van der Waals surface area contributed by atoms with Gasteiger partial charge in [-0.25, -0.2) is 9.48 Å². The third-order valence-electron chi connectivity index (χ3n) is 3.85. The highest BCUT2D eigenvalue weighted by Crippen LogP contribution is 2.35. The number of rotatable bonds is 5. The van der Waals surface area contributed by atoms with Gasteiger partial charge in [0.25, 0.3) is 11.4 Å². The Labute approximate surface area is 151 Å². The summed E-state index contributed by atoms with van der Waals surface area (Å²) >= 11 is 0. The maximum absolute atomic E-state index is 12.1. The molecule has 1 heterocycles. The number of nitro benzene ring substituents is 2. The highest BCUT2D eigenvalue weighted by Gasteiger charge is 2.29. The average molecular weight is 372 g/mol. The first-order valence-electron chi connectivity index (χ1n) is 7.45. The zero-order valence-corrected chi connectivity index (χ0v) is 14.1. The molecule has 0 bridgehead atoms. The van der Waals surface area contributed by atoms with Gasteiger partial charge in [0.2, 0.25) is 0 Å². The maximum Gasteiger partial charge on any atom is 0.359 e. The van der Waals surface area contributed by atoms with Gasteiger partial charge in [-0.15, -0.1) is 0 Å². The fourth-order valence-electron chi connectivity index (χ4n) is 2.62. The molecule has 3 aromatic rings. The van der Waals surface area contributed by atoms with Crippen molar-refractivity contribution in [1.29, 1.82) is 0 Å². The van der Waals surface area contributed by atoms with Crippen LogP contribution in [-0.4, -0.2) is 39.8 Å². The molecule has 27 heavy (non-hydrogen) atoms. The van der Waals surface area contributed by atoms with Crippen LogP contribution in [0.25, 0.3) is 16.6 Å². The predicted octanol–water partition coefficient (Wildman–Crippen LogP) is 2.64. The van der Waals surface area contributed by atoms with Crippen molar-refractivity contribution in [3.8, 4) is 11.4 Å². The number of hydrogen-bond donors (Lipinski definition) is 0. The van der Waals surface area contributed by atoms with Gasteiger partial charge in [-0.3, -0.25) is 20.2 Å². The number of non-ortho nitro benzene ring substituents is 2. The molecule has 0 aliphatic heterocycles. The van der Waals surface area contributed by atoms with Crippen LogP contribution in [0.4, 0.5) is 11.4 Å². The molecule has 0 saturated carbocycles. The number of nitrogens with zero attached hydrogens (tertiary/aromatic N) is 4. The molecule has 0 spiro atoms. The normalized spacial score (nSPS) is 10.6. The van der Waals surface area contributed by atoms with E-state index in [1.807, 2.05) is 0 Å². The monoisotopic (exact) mass is 372 g/mol. The van der Waals surface area contributed by atoms with Gasteiger partial charge in [0.15, 0.2) is 5.69 Å². The fraction of sp³-hybridized carbons (Fsp3) is 0.125. The highest BCUT2D eigenvalue weighted by molar-refractivity contribution is 6.07. The Morgan fingerprint density at radius 1 is 1.07 bits per heavy atom. The molecule has 0 atom stereocenters. The number of hydrogen-bond acceptors (Lipinski definition) is 8. The molecule has 0 unspecified atom stereocenters. The number of carbonyl (C=O) groups excluding carboxylic acids is 1. The van der Waals surface area contributed by atoms with Crippen LogP contribution in [0.2, 0.25) is 0 Å². The van der Waals surface area contributed by atoms with Crippen LogP contribution in [0, 0.1) is 20.2 Å². The minimum absolute atomic E-state index is 0.0291. The van der Waals surface area contributed by atoms with E-state index in [0.717, 1.165) is 19.2 Å². The summed E-state index contributed by atoms with van der Waals surface area (Å²) in [6, 6.07) is 8.33. The van der Waals surface area contributed by atoms with E-state index in [2.05, 4.69) is 9.84 Å². The molecule has 2 aromatic carbocycles. The largest absolute Gasteiger partial charge is 0.497 e. The van der Waals surface area contributed by atoms with Gasteiger partial charge in [0.1, 0.15) is 11.1 Å². The second kappa shape index (κ2) is 6.71. The smallest absolute Gasteiger partial charge is 0.359 e. The molecule has 1 aromatic heterocycles. The number of esters is 1. The topological polar surface area (TPSA) is 140 Å². The van der Waals surface area contributed by atoms with E-state index >= 15 is 0 Å². The van der Waals surface area contributed by atoms with Crippen LogP contribution in [0.5, 0.6) is 5.75 Å². The van der Waals surface area contributed by atoms with Crippen molar-refractivity contribution >= 4 is 28.2 Å². The van der Waals surface area contributed by atoms with Crippen LogP contribution in [0.3, 0.4) is 0 Å². The lowest BCUT2D eigenvalue weighted by atomic mass is 10.1. The minimum atomic E-state index is -0.899. The summed E-state index contributed by atoms with van der Waals surface area (Å²) in [6.45, 7) is 0. The number of methoxy groups -OCH3 is 2. The van der Waals surface area contributed by atoms with Gasteiger partial charge < -0.3 is 9.47 Å². The van der Waals surface area contributed by atoms with E-state index in [4.69, 9.17) is 4.74 Å². The van der Waals surface area contributed by atoms with E-state index in [9.17, 15) is 25.0 Å². The zero-order valence-electron chi connectivity index (χ0n) is 14.1. The molecule has 138 valence electrons. The van der Waals surface area contributed by atoms with Crippen LogP contribution in [-0.2, 0) is 4.74 Å². The Kier molecular flexibility index (Phi) is 4.42. The lowest BCUT2D eigenvalue weighted by molar-refractivity contribution is -0.393. The second-order valence-corrected chi connectivity index (χ2v) is 5.32. The summed E-state index contributed by atoms with van der Waals surface area (Å²) in [6.07, 6.45) is 0. The third kappa shape index (κ3) is 3.01. The number of fused-ring (bicyclic) bond motifs is 1.